The second-order valence-corrected chi connectivity index (χ2v) is 5.25. The summed E-state index contributed by atoms with van der Waals surface area (Å²) in [6.45, 7) is 0. The van der Waals surface area contributed by atoms with E-state index in [0.29, 0.717) is 0 Å². The zero-order valence-corrected chi connectivity index (χ0v) is 35.5. The molecule has 0 bridgehead atoms. The molecule has 36 heavy (non-hydrogen) atoms. The Hall–Kier alpha value is 1.03. The molecule has 0 aliphatic rings. The minimum atomic E-state index is -3.63. The molecule has 204 valence electrons. The van der Waals surface area contributed by atoms with Gasteiger partial charge in [0.25, 0.3) is 0 Å². The SMILES string of the molecule is O=[Si]([O-])[O-].O=[Si]([O-])[O-].O=[Si]([O-])[O-].O=[Si]([O-])[O-].O=[Si]([O-])[O-].O=[Si]([O-])[O-].O=[Si]([O-])[O-].[Ag+].[Ag+].[Al+3].[Al+3].[NH4+].[NH4+].[Zn+2].[Zn+2]. The first-order chi connectivity index (χ1) is 12.1. The van der Waals surface area contributed by atoms with Crippen LogP contribution in [0.2, 0.25) is 0 Å². The van der Waals surface area contributed by atoms with Gasteiger partial charge in [0, 0.05) is 64.2 Å². The van der Waals surface area contributed by atoms with Crippen molar-refractivity contribution in [1.82, 2.24) is 12.3 Å². The van der Waals surface area contributed by atoms with Crippen molar-refractivity contribution in [2.24, 2.45) is 0 Å². The van der Waals surface area contributed by atoms with Gasteiger partial charge in [0.2, 0.25) is 0 Å². The topological polar surface area (TPSA) is 515 Å². The van der Waals surface area contributed by atoms with Crippen molar-refractivity contribution in [3.8, 4) is 0 Å². The van der Waals surface area contributed by atoms with Crippen molar-refractivity contribution >= 4 is 98.9 Å². The molecule has 0 aromatic rings. The van der Waals surface area contributed by atoms with E-state index in [-0.39, 0.29) is 131 Å². The molecule has 0 aromatic heterocycles. The largest absolute Gasteiger partial charge is 3.00 e. The van der Waals surface area contributed by atoms with Crippen LogP contribution >= 0.6 is 0 Å². The normalized spacial score (nSPS) is 4.67. The van der Waals surface area contributed by atoms with E-state index >= 15 is 0 Å². The monoisotopic (exact) mass is 963 g/mol. The Kier molecular flexibility index (Phi) is 251. The third-order valence-electron chi connectivity index (χ3n) is 0. The van der Waals surface area contributed by atoms with E-state index in [1.807, 2.05) is 0 Å². The molecular formula is H8Ag2Al2N2O21Si7Zn2. The van der Waals surface area contributed by atoms with Gasteiger partial charge in [-0.25, -0.2) is 0 Å². The van der Waals surface area contributed by atoms with Gasteiger partial charge in [-0.05, 0) is 0 Å². The molecule has 0 aliphatic carbocycles. The van der Waals surface area contributed by atoms with Crippen molar-refractivity contribution in [2.75, 3.05) is 0 Å². The van der Waals surface area contributed by atoms with Gasteiger partial charge in [-0.2, -0.15) is 0 Å². The zero-order chi connectivity index (χ0) is 25.0. The van der Waals surface area contributed by atoms with Gasteiger partial charge in [-0.3, -0.25) is 0 Å². The second-order valence-electron chi connectivity index (χ2n) is 1.75. The Morgan fingerprint density at radius 2 is 0.278 bits per heavy atom. The van der Waals surface area contributed by atoms with Crippen LogP contribution in [0.1, 0.15) is 0 Å². The maximum absolute atomic E-state index is 8.52. The van der Waals surface area contributed by atoms with Crippen LogP contribution in [0.15, 0.2) is 0 Å². The molecule has 0 amide bonds. The van der Waals surface area contributed by atoms with Crippen LogP contribution < -0.4 is 79.4 Å². The van der Waals surface area contributed by atoms with E-state index in [1.165, 1.54) is 0 Å². The number of quaternary nitrogens is 2. The molecule has 0 spiro atoms. The fourth-order valence-corrected chi connectivity index (χ4v) is 0. The van der Waals surface area contributed by atoms with Crippen LogP contribution in [-0.4, -0.2) is 98.9 Å². The van der Waals surface area contributed by atoms with Crippen molar-refractivity contribution < 1.29 is 182 Å². The minimum Gasteiger partial charge on any atom is -0.672 e. The molecule has 0 heterocycles. The van der Waals surface area contributed by atoms with E-state index in [4.69, 9.17) is 98.4 Å². The van der Waals surface area contributed by atoms with E-state index < -0.39 is 64.2 Å². The van der Waals surface area contributed by atoms with Crippen LogP contribution in [0.25, 0.3) is 0 Å². The van der Waals surface area contributed by atoms with Crippen LogP contribution in [0.4, 0.5) is 0 Å². The van der Waals surface area contributed by atoms with Gasteiger partial charge in [-0.1, -0.05) is 0 Å². The summed E-state index contributed by atoms with van der Waals surface area (Å²) in [6, 6.07) is 0. The van der Waals surface area contributed by atoms with Crippen molar-refractivity contribution in [2.45, 2.75) is 0 Å². The second kappa shape index (κ2) is 91.1. The van der Waals surface area contributed by atoms with Gasteiger partial charge in [-0.15, -0.1) is 0 Å². The minimum absolute atomic E-state index is 0. The van der Waals surface area contributed by atoms with E-state index in [1.54, 1.807) is 0 Å². The van der Waals surface area contributed by atoms with Crippen LogP contribution in [0.3, 0.4) is 0 Å². The summed E-state index contributed by atoms with van der Waals surface area (Å²) in [5, 5.41) is 0. The van der Waals surface area contributed by atoms with Crippen LogP contribution in [-0.2, 0) is 115 Å². The third kappa shape index (κ3) is 38200. The summed E-state index contributed by atoms with van der Waals surface area (Å²) >= 11 is 0. The molecule has 0 fully saturated rings. The van der Waals surface area contributed by atoms with Gasteiger partial charge in [0.15, 0.2) is 0 Å². The molecular weight excluding hydrogens is 961 g/mol. The Morgan fingerprint density at radius 1 is 0.278 bits per heavy atom. The average molecular weight is 969 g/mol. The summed E-state index contributed by atoms with van der Waals surface area (Å²) in [4.78, 5) is 119. The Morgan fingerprint density at radius 3 is 0.278 bits per heavy atom. The maximum Gasteiger partial charge on any atom is 3.00 e. The molecule has 0 atom stereocenters. The van der Waals surface area contributed by atoms with Crippen molar-refractivity contribution in [3.63, 3.8) is 0 Å². The molecule has 36 heteroatoms. The molecule has 8 N–H and O–H groups in total. The quantitative estimate of drug-likeness (QED) is 0.213. The molecule has 0 aromatic carbocycles. The first kappa shape index (κ1) is 99.0. The number of rotatable bonds is 0. The Bertz CT molecular complexity index is 345. The average Bonchev–Trinajstić information content (AvgIpc) is 2.20. The van der Waals surface area contributed by atoms with E-state index in [9.17, 15) is 0 Å². The van der Waals surface area contributed by atoms with Crippen LogP contribution in [0, 0.1) is 0 Å². The zero-order valence-electron chi connectivity index (χ0n) is 17.2. The molecule has 0 unspecified atom stereocenters. The molecule has 0 aliphatic heterocycles. The molecule has 23 nitrogen and oxygen atoms in total. The summed E-state index contributed by atoms with van der Waals surface area (Å²) in [5.74, 6) is 0. The molecule has 0 saturated carbocycles. The number of hydrogen-bond donors (Lipinski definition) is 2. The fraction of sp³-hybridized carbons (Fsp3) is 0. The predicted molar refractivity (Wildman–Crippen MR) is 68.6 cm³/mol. The molecule has 0 saturated heterocycles. The molecule has 0 rings (SSSR count). The van der Waals surface area contributed by atoms with Crippen molar-refractivity contribution in [1.29, 1.82) is 0 Å². The summed E-state index contributed by atoms with van der Waals surface area (Å²) in [5.41, 5.74) is 0. The smallest absolute Gasteiger partial charge is 0.672 e. The first-order valence-electron chi connectivity index (χ1n) is 4.29. The maximum atomic E-state index is 8.52. The van der Waals surface area contributed by atoms with Crippen LogP contribution in [0.5, 0.6) is 0 Å². The predicted octanol–water partition coefficient (Wildman–Crippen LogP) is -20.2. The molecule has 0 radical (unpaired) electrons. The van der Waals surface area contributed by atoms with Gasteiger partial charge in [0.1, 0.15) is 0 Å². The van der Waals surface area contributed by atoms with E-state index in [0.717, 1.165) is 0 Å². The van der Waals surface area contributed by atoms with Gasteiger partial charge in [0.05, 0.1) is 0 Å². The summed E-state index contributed by atoms with van der Waals surface area (Å²) < 4.78 is 59.6. The van der Waals surface area contributed by atoms with Crippen molar-refractivity contribution in [3.05, 3.63) is 0 Å². The van der Waals surface area contributed by atoms with Gasteiger partial charge >= 0.3 is 118 Å². The third-order valence-corrected chi connectivity index (χ3v) is 0. The first-order valence-corrected chi connectivity index (χ1v) is 12.9. The summed E-state index contributed by atoms with van der Waals surface area (Å²) in [7, 11) is -25.4. The van der Waals surface area contributed by atoms with Gasteiger partial charge < -0.3 is 111 Å². The summed E-state index contributed by atoms with van der Waals surface area (Å²) in [6.07, 6.45) is 0. The standard InChI is InChI=1S/2Ag.2Al.2H3N.7O3Si.2Zn/c;;;;;;7*1-4(2)3;;/h;;;;2*1H3;;;;;;;;;/q2*+1;2*+3;;;7*-2;2*+2/p+2. The number of hydrogen-bond acceptors (Lipinski definition) is 21. The Labute approximate surface area is 290 Å². The Balaban J connectivity index is -0.0000000106. The van der Waals surface area contributed by atoms with E-state index in [2.05, 4.69) is 0 Å². The fourth-order valence-electron chi connectivity index (χ4n) is 0.